The normalized spacial score (nSPS) is 14.4. The molecule has 2 heterocycles. The fourth-order valence-corrected chi connectivity index (χ4v) is 4.20. The molecule has 0 saturated heterocycles. The standard InChI is InChI=1S/C24H18ClF7N6O4/c1-3-41-21(40)38(22(11-33)6-7-22)19(39)14-8-12(4-5-15(14)25)13-9-34-37(10-13)18-16(42-20(26)27)17(35-36(18)2)23(28,29)24(30,31)32/h4-5,8-10,20H,3,6-7H2,1-2H3. The zero-order valence-electron chi connectivity index (χ0n) is 21.4. The number of aromatic nitrogens is 4. The van der Waals surface area contributed by atoms with Gasteiger partial charge >= 0.3 is 24.8 Å². The summed E-state index contributed by atoms with van der Waals surface area (Å²) in [7, 11) is 0.914. The van der Waals surface area contributed by atoms with E-state index in [1.807, 2.05) is 6.07 Å². The maximum absolute atomic E-state index is 14.1. The van der Waals surface area contributed by atoms with Crippen LogP contribution in [0.2, 0.25) is 5.02 Å². The van der Waals surface area contributed by atoms with E-state index in [0.29, 0.717) is 14.3 Å². The third kappa shape index (κ3) is 5.33. The molecule has 4 rings (SSSR count). The zero-order chi connectivity index (χ0) is 31.2. The third-order valence-corrected chi connectivity index (χ3v) is 6.51. The number of carbonyl (C=O) groups is 2. The van der Waals surface area contributed by atoms with Gasteiger partial charge in [-0.1, -0.05) is 17.7 Å². The summed E-state index contributed by atoms with van der Waals surface area (Å²) < 4.78 is 104. The zero-order valence-corrected chi connectivity index (χ0v) is 22.2. The number of carbonyl (C=O) groups excluding carboxylic acids is 2. The Kier molecular flexibility index (Phi) is 7.89. The van der Waals surface area contributed by atoms with Crippen molar-refractivity contribution in [2.75, 3.05) is 6.61 Å². The van der Waals surface area contributed by atoms with Gasteiger partial charge in [0.2, 0.25) is 0 Å². The van der Waals surface area contributed by atoms with Gasteiger partial charge in [-0.15, -0.1) is 0 Å². The van der Waals surface area contributed by atoms with E-state index in [9.17, 15) is 45.6 Å². The van der Waals surface area contributed by atoms with Gasteiger partial charge in [-0.25, -0.2) is 19.1 Å². The number of imide groups is 1. The molecule has 0 atom stereocenters. The van der Waals surface area contributed by atoms with Crippen molar-refractivity contribution in [3.63, 3.8) is 0 Å². The van der Waals surface area contributed by atoms with E-state index in [1.54, 1.807) is 0 Å². The Hall–Kier alpha value is -4.33. The van der Waals surface area contributed by atoms with E-state index < -0.39 is 53.5 Å². The molecule has 1 saturated carbocycles. The van der Waals surface area contributed by atoms with Crippen LogP contribution in [-0.4, -0.2) is 61.4 Å². The number of amides is 2. The molecule has 1 aliphatic carbocycles. The predicted molar refractivity (Wildman–Crippen MR) is 128 cm³/mol. The van der Waals surface area contributed by atoms with E-state index >= 15 is 0 Å². The molecule has 2 aromatic heterocycles. The number of benzene rings is 1. The molecule has 0 bridgehead atoms. The fraction of sp³-hybridized carbons (Fsp3) is 0.375. The van der Waals surface area contributed by atoms with Crippen LogP contribution in [0.3, 0.4) is 0 Å². The Bertz CT molecular complexity index is 1580. The predicted octanol–water partition coefficient (Wildman–Crippen LogP) is 5.84. The second kappa shape index (κ2) is 10.8. The van der Waals surface area contributed by atoms with Gasteiger partial charge in [-0.3, -0.25) is 4.79 Å². The highest BCUT2D eigenvalue weighted by atomic mass is 35.5. The van der Waals surface area contributed by atoms with Crippen molar-refractivity contribution in [1.82, 2.24) is 24.5 Å². The molecule has 1 aliphatic rings. The van der Waals surface area contributed by atoms with Crippen molar-refractivity contribution < 1.29 is 49.8 Å². The summed E-state index contributed by atoms with van der Waals surface area (Å²) in [6.45, 7) is -2.37. The quantitative estimate of drug-likeness (QED) is 0.290. The van der Waals surface area contributed by atoms with Gasteiger partial charge in [-0.2, -0.15) is 46.2 Å². The molecule has 42 heavy (non-hydrogen) atoms. The Balaban J connectivity index is 1.77. The minimum Gasteiger partial charge on any atom is -0.449 e. The number of rotatable bonds is 8. The first-order chi connectivity index (χ1) is 19.6. The molecule has 3 aromatic rings. The summed E-state index contributed by atoms with van der Waals surface area (Å²) in [6, 6.07) is 5.80. The van der Waals surface area contributed by atoms with Gasteiger partial charge in [0.25, 0.3) is 5.91 Å². The maximum Gasteiger partial charge on any atom is 0.459 e. The number of nitriles is 1. The van der Waals surface area contributed by atoms with Crippen LogP contribution < -0.4 is 4.74 Å². The van der Waals surface area contributed by atoms with Gasteiger partial charge in [0, 0.05) is 18.8 Å². The van der Waals surface area contributed by atoms with Crippen molar-refractivity contribution in [1.29, 1.82) is 5.26 Å². The first-order valence-corrected chi connectivity index (χ1v) is 12.2. The van der Waals surface area contributed by atoms with E-state index in [2.05, 4.69) is 14.9 Å². The molecular weight excluding hydrogens is 605 g/mol. The molecule has 0 spiro atoms. The van der Waals surface area contributed by atoms with Crippen LogP contribution in [0.15, 0.2) is 30.6 Å². The molecule has 1 aromatic carbocycles. The minimum atomic E-state index is -6.18. The highest BCUT2D eigenvalue weighted by molar-refractivity contribution is 6.34. The SMILES string of the molecule is CCOC(=O)N(C(=O)c1cc(-c2cnn(-c3c(OC(F)F)c(C(F)(F)C(F)(F)F)nn3C)c2)ccc1Cl)C1(C#N)CC1. The monoisotopic (exact) mass is 622 g/mol. The summed E-state index contributed by atoms with van der Waals surface area (Å²) in [4.78, 5) is 26.7. The van der Waals surface area contributed by atoms with Gasteiger partial charge < -0.3 is 9.47 Å². The molecule has 0 radical (unpaired) electrons. The summed E-state index contributed by atoms with van der Waals surface area (Å²) in [5, 5.41) is 16.4. The average Bonchev–Trinajstić information content (AvgIpc) is 3.40. The summed E-state index contributed by atoms with van der Waals surface area (Å²) >= 11 is 6.23. The van der Waals surface area contributed by atoms with Gasteiger partial charge in [-0.05, 0) is 37.5 Å². The first-order valence-electron chi connectivity index (χ1n) is 11.8. The summed E-state index contributed by atoms with van der Waals surface area (Å²) in [5.41, 5.74) is -3.47. The molecule has 10 nitrogen and oxygen atoms in total. The van der Waals surface area contributed by atoms with E-state index in [4.69, 9.17) is 16.3 Å². The molecule has 1 fully saturated rings. The summed E-state index contributed by atoms with van der Waals surface area (Å²) in [6.07, 6.45) is -4.68. The van der Waals surface area contributed by atoms with Crippen LogP contribution in [0.25, 0.3) is 16.9 Å². The Labute approximate surface area is 236 Å². The average molecular weight is 623 g/mol. The Morgan fingerprint density at radius 3 is 2.43 bits per heavy atom. The largest absolute Gasteiger partial charge is 0.459 e. The second-order valence-electron chi connectivity index (χ2n) is 8.93. The lowest BCUT2D eigenvalue weighted by atomic mass is 10.0. The van der Waals surface area contributed by atoms with Crippen LogP contribution in [-0.2, 0) is 17.7 Å². The van der Waals surface area contributed by atoms with Crippen LogP contribution in [0.5, 0.6) is 5.75 Å². The third-order valence-electron chi connectivity index (χ3n) is 6.18. The molecular formula is C24H18ClF7N6O4. The molecule has 0 aliphatic heterocycles. The lowest BCUT2D eigenvalue weighted by Crippen LogP contribution is -2.46. The lowest BCUT2D eigenvalue weighted by molar-refractivity contribution is -0.291. The number of halogens is 8. The van der Waals surface area contributed by atoms with E-state index in [1.165, 1.54) is 25.1 Å². The molecule has 0 unspecified atom stereocenters. The lowest BCUT2D eigenvalue weighted by Gasteiger charge is -2.25. The highest BCUT2D eigenvalue weighted by Crippen LogP contribution is 2.48. The first kappa shape index (κ1) is 30.6. The van der Waals surface area contributed by atoms with E-state index in [0.717, 1.165) is 19.4 Å². The topological polar surface area (TPSA) is 115 Å². The second-order valence-corrected chi connectivity index (χ2v) is 9.33. The van der Waals surface area contributed by atoms with Crippen molar-refractivity contribution >= 4 is 23.6 Å². The smallest absolute Gasteiger partial charge is 0.449 e. The molecule has 18 heteroatoms. The minimum absolute atomic E-state index is 0.0844. The number of nitrogens with zero attached hydrogens (tertiary/aromatic N) is 6. The maximum atomic E-state index is 14.1. The van der Waals surface area contributed by atoms with Crippen LogP contribution >= 0.6 is 11.6 Å². The molecule has 2 amide bonds. The Morgan fingerprint density at radius 2 is 1.88 bits per heavy atom. The number of hydrogen-bond acceptors (Lipinski definition) is 7. The summed E-state index contributed by atoms with van der Waals surface area (Å²) in [5.74, 6) is -8.95. The number of aryl methyl sites for hydroxylation is 1. The van der Waals surface area contributed by atoms with Crippen LogP contribution in [0.4, 0.5) is 35.5 Å². The van der Waals surface area contributed by atoms with Gasteiger partial charge in [0.1, 0.15) is 5.54 Å². The Morgan fingerprint density at radius 1 is 1.21 bits per heavy atom. The number of ether oxygens (including phenoxy) is 2. The molecule has 224 valence electrons. The van der Waals surface area contributed by atoms with Gasteiger partial charge in [0.15, 0.2) is 17.3 Å². The molecule has 0 N–H and O–H groups in total. The highest BCUT2D eigenvalue weighted by Gasteiger charge is 2.63. The van der Waals surface area contributed by atoms with Crippen LogP contribution in [0.1, 0.15) is 35.8 Å². The van der Waals surface area contributed by atoms with Crippen molar-refractivity contribution in [2.45, 2.75) is 44.0 Å². The van der Waals surface area contributed by atoms with Crippen LogP contribution in [0, 0.1) is 11.3 Å². The van der Waals surface area contributed by atoms with Gasteiger partial charge in [0.05, 0.1) is 29.5 Å². The van der Waals surface area contributed by atoms with Crippen molar-refractivity contribution in [3.8, 4) is 28.8 Å². The van der Waals surface area contributed by atoms with Crippen molar-refractivity contribution in [2.24, 2.45) is 7.05 Å². The number of alkyl halides is 7. The fourth-order valence-electron chi connectivity index (χ4n) is 4.01. The number of hydrogen-bond donors (Lipinski definition) is 0. The van der Waals surface area contributed by atoms with Crippen molar-refractivity contribution in [3.05, 3.63) is 46.9 Å². The van der Waals surface area contributed by atoms with E-state index in [-0.39, 0.29) is 41.2 Å².